The summed E-state index contributed by atoms with van der Waals surface area (Å²) in [6, 6.07) is 7.10. The number of aliphatic hydroxyl groups excluding tert-OH is 1. The van der Waals surface area contributed by atoms with Gasteiger partial charge in [0.25, 0.3) is 5.91 Å². The first-order valence-corrected chi connectivity index (χ1v) is 6.68. The van der Waals surface area contributed by atoms with E-state index in [2.05, 4.69) is 0 Å². The van der Waals surface area contributed by atoms with Crippen molar-refractivity contribution in [2.45, 2.75) is 18.9 Å². The lowest BCUT2D eigenvalue weighted by Gasteiger charge is -2.29. The normalized spacial score (nSPS) is 19.9. The third kappa shape index (κ3) is 2.33. The number of furan rings is 1. The highest BCUT2D eigenvalue weighted by atomic mass is 35.5. The summed E-state index contributed by atoms with van der Waals surface area (Å²) < 4.78 is 5.54. The third-order valence-corrected chi connectivity index (χ3v) is 3.69. The van der Waals surface area contributed by atoms with Gasteiger partial charge in [-0.3, -0.25) is 4.79 Å². The van der Waals surface area contributed by atoms with Gasteiger partial charge < -0.3 is 14.4 Å². The van der Waals surface area contributed by atoms with Gasteiger partial charge in [-0.2, -0.15) is 0 Å². The Hall–Kier alpha value is -1.52. The lowest BCUT2D eigenvalue weighted by atomic mass is 10.1. The number of benzene rings is 1. The number of halogens is 1. The number of aliphatic hydroxyl groups is 1. The lowest BCUT2D eigenvalue weighted by molar-refractivity contribution is 0.0450. The van der Waals surface area contributed by atoms with Crippen LogP contribution < -0.4 is 0 Å². The summed E-state index contributed by atoms with van der Waals surface area (Å²) in [4.78, 5) is 13.9. The Morgan fingerprint density at radius 3 is 3.05 bits per heavy atom. The van der Waals surface area contributed by atoms with Gasteiger partial charge in [0.1, 0.15) is 0 Å². The van der Waals surface area contributed by atoms with Crippen LogP contribution in [0.5, 0.6) is 0 Å². The van der Waals surface area contributed by atoms with Crippen LogP contribution in [-0.4, -0.2) is 35.1 Å². The van der Waals surface area contributed by atoms with E-state index in [0.29, 0.717) is 23.7 Å². The predicted molar refractivity (Wildman–Crippen MR) is 72.4 cm³/mol. The zero-order chi connectivity index (χ0) is 13.4. The molecule has 0 bridgehead atoms. The molecular weight excluding hydrogens is 266 g/mol. The number of piperidine rings is 1. The number of likely N-dealkylation sites (tertiary alicyclic amines) is 1. The van der Waals surface area contributed by atoms with E-state index in [1.54, 1.807) is 17.0 Å². The van der Waals surface area contributed by atoms with Crippen LogP contribution in [0.1, 0.15) is 23.4 Å². The van der Waals surface area contributed by atoms with Crippen molar-refractivity contribution in [3.63, 3.8) is 0 Å². The van der Waals surface area contributed by atoms with Crippen LogP contribution in [0.3, 0.4) is 0 Å². The second-order valence-electron chi connectivity index (χ2n) is 4.82. The van der Waals surface area contributed by atoms with Crippen LogP contribution in [0.15, 0.2) is 28.7 Å². The van der Waals surface area contributed by atoms with E-state index in [-0.39, 0.29) is 11.7 Å². The molecule has 1 amide bonds. The fourth-order valence-electron chi connectivity index (χ4n) is 2.43. The molecule has 1 saturated heterocycles. The van der Waals surface area contributed by atoms with Gasteiger partial charge in [0.05, 0.1) is 11.1 Å². The molecule has 1 unspecified atom stereocenters. The molecule has 1 aliphatic rings. The maximum absolute atomic E-state index is 12.3. The van der Waals surface area contributed by atoms with Crippen molar-refractivity contribution >= 4 is 28.5 Å². The molecule has 1 fully saturated rings. The number of fused-ring (bicyclic) bond motifs is 1. The van der Waals surface area contributed by atoms with Crippen molar-refractivity contribution in [1.82, 2.24) is 4.90 Å². The molecule has 1 aromatic heterocycles. The zero-order valence-corrected chi connectivity index (χ0v) is 11.1. The molecule has 4 nitrogen and oxygen atoms in total. The number of carbonyl (C=O) groups is 1. The largest absolute Gasteiger partial charge is 0.449 e. The molecule has 19 heavy (non-hydrogen) atoms. The Kier molecular flexibility index (Phi) is 3.21. The molecule has 1 aliphatic heterocycles. The molecule has 0 radical (unpaired) electrons. The lowest BCUT2D eigenvalue weighted by Crippen LogP contribution is -2.42. The molecule has 2 heterocycles. The molecule has 0 saturated carbocycles. The van der Waals surface area contributed by atoms with Gasteiger partial charge >= 0.3 is 0 Å². The average Bonchev–Trinajstić information content (AvgIpc) is 2.83. The molecule has 5 heteroatoms. The van der Waals surface area contributed by atoms with E-state index < -0.39 is 6.10 Å². The quantitative estimate of drug-likeness (QED) is 0.873. The molecule has 1 atom stereocenters. The van der Waals surface area contributed by atoms with Gasteiger partial charge in [0.15, 0.2) is 11.3 Å². The van der Waals surface area contributed by atoms with Crippen molar-refractivity contribution in [3.8, 4) is 0 Å². The van der Waals surface area contributed by atoms with E-state index in [4.69, 9.17) is 16.0 Å². The van der Waals surface area contributed by atoms with Gasteiger partial charge in [0.2, 0.25) is 0 Å². The van der Waals surface area contributed by atoms with E-state index in [1.165, 1.54) is 0 Å². The number of carbonyl (C=O) groups excluding carboxylic acids is 1. The summed E-state index contributed by atoms with van der Waals surface area (Å²) in [7, 11) is 0. The zero-order valence-electron chi connectivity index (χ0n) is 10.3. The van der Waals surface area contributed by atoms with Crippen molar-refractivity contribution in [3.05, 3.63) is 35.0 Å². The number of rotatable bonds is 1. The Morgan fingerprint density at radius 1 is 1.47 bits per heavy atom. The highest BCUT2D eigenvalue weighted by Crippen LogP contribution is 2.27. The highest BCUT2D eigenvalue weighted by Gasteiger charge is 2.25. The summed E-state index contributed by atoms with van der Waals surface area (Å²) in [5.41, 5.74) is 0.532. The summed E-state index contributed by atoms with van der Waals surface area (Å²) in [5, 5.41) is 10.9. The second kappa shape index (κ2) is 4.87. The van der Waals surface area contributed by atoms with Gasteiger partial charge in [-0.25, -0.2) is 0 Å². The fourth-order valence-corrected chi connectivity index (χ4v) is 2.65. The maximum Gasteiger partial charge on any atom is 0.289 e. The van der Waals surface area contributed by atoms with Crippen molar-refractivity contribution < 1.29 is 14.3 Å². The summed E-state index contributed by atoms with van der Waals surface area (Å²) in [6.45, 7) is 1.02. The molecule has 1 N–H and O–H groups in total. The molecule has 0 aliphatic carbocycles. The van der Waals surface area contributed by atoms with Gasteiger partial charge in [0, 0.05) is 18.5 Å². The Labute approximate surface area is 115 Å². The van der Waals surface area contributed by atoms with E-state index in [0.717, 1.165) is 18.2 Å². The first-order chi connectivity index (χ1) is 9.15. The fraction of sp³-hybridized carbons (Fsp3) is 0.357. The van der Waals surface area contributed by atoms with Crippen LogP contribution in [0.2, 0.25) is 5.02 Å². The predicted octanol–water partition coefficient (Wildman–Crippen LogP) is 2.68. The van der Waals surface area contributed by atoms with Crippen molar-refractivity contribution in [2.75, 3.05) is 13.1 Å². The molecule has 2 aromatic rings. The number of para-hydroxylation sites is 1. The first-order valence-electron chi connectivity index (χ1n) is 6.30. The number of amides is 1. The van der Waals surface area contributed by atoms with Crippen LogP contribution >= 0.6 is 11.6 Å². The molecule has 100 valence electrons. The Balaban J connectivity index is 1.91. The van der Waals surface area contributed by atoms with Gasteiger partial charge in [-0.05, 0) is 25.0 Å². The summed E-state index contributed by atoms with van der Waals surface area (Å²) >= 11 is 6.03. The van der Waals surface area contributed by atoms with E-state index >= 15 is 0 Å². The summed E-state index contributed by atoms with van der Waals surface area (Å²) in [6.07, 6.45) is 1.12. The van der Waals surface area contributed by atoms with Gasteiger partial charge in [-0.15, -0.1) is 0 Å². The highest BCUT2D eigenvalue weighted by molar-refractivity contribution is 6.34. The van der Waals surface area contributed by atoms with Crippen LogP contribution in [0, 0.1) is 0 Å². The topological polar surface area (TPSA) is 53.7 Å². The molecule has 3 rings (SSSR count). The monoisotopic (exact) mass is 279 g/mol. The Bertz CT molecular complexity index is 622. The van der Waals surface area contributed by atoms with E-state index in [9.17, 15) is 9.90 Å². The van der Waals surface area contributed by atoms with E-state index in [1.807, 2.05) is 12.1 Å². The standard InChI is InChI=1S/C14H14ClNO3/c15-11-5-1-3-9-7-12(19-13(9)11)14(18)16-6-2-4-10(17)8-16/h1,3,5,7,10,17H,2,4,6,8H2. The van der Waals surface area contributed by atoms with Crippen molar-refractivity contribution in [2.24, 2.45) is 0 Å². The molecular formula is C14H14ClNO3. The first kappa shape index (κ1) is 12.5. The van der Waals surface area contributed by atoms with Gasteiger partial charge in [-0.1, -0.05) is 23.7 Å². The minimum atomic E-state index is -0.439. The minimum absolute atomic E-state index is 0.189. The summed E-state index contributed by atoms with van der Waals surface area (Å²) in [5.74, 6) is 0.0863. The number of hydrogen-bond acceptors (Lipinski definition) is 3. The minimum Gasteiger partial charge on any atom is -0.449 e. The molecule has 1 aromatic carbocycles. The average molecular weight is 280 g/mol. The van der Waals surface area contributed by atoms with Crippen molar-refractivity contribution in [1.29, 1.82) is 0 Å². The SMILES string of the molecule is O=C(c1cc2cccc(Cl)c2o1)N1CCCC(O)C1. The molecule has 0 spiro atoms. The number of nitrogens with zero attached hydrogens (tertiary/aromatic N) is 1. The van der Waals surface area contributed by atoms with Crippen LogP contribution in [0.25, 0.3) is 11.0 Å². The Morgan fingerprint density at radius 2 is 2.32 bits per heavy atom. The van der Waals surface area contributed by atoms with Crippen LogP contribution in [0.4, 0.5) is 0 Å². The second-order valence-corrected chi connectivity index (χ2v) is 5.22. The number of β-amino-alcohol motifs (C(OH)–C–C–N with tert-alkyl or cyclic N) is 1. The number of hydrogen-bond donors (Lipinski definition) is 1. The smallest absolute Gasteiger partial charge is 0.289 e. The van der Waals surface area contributed by atoms with Crippen LogP contribution in [-0.2, 0) is 0 Å². The maximum atomic E-state index is 12.3. The third-order valence-electron chi connectivity index (χ3n) is 3.39.